The Labute approximate surface area is 312 Å². The first-order chi connectivity index (χ1) is 24.5. The van der Waals surface area contributed by atoms with Gasteiger partial charge in [-0.1, -0.05) is 66.2 Å². The third-order valence-corrected chi connectivity index (χ3v) is 11.4. The number of allylic oxidation sites excluding steroid dienone is 2. The fourth-order valence-electron chi connectivity index (χ4n) is 7.97. The van der Waals surface area contributed by atoms with Crippen molar-refractivity contribution in [1.29, 1.82) is 0 Å². The van der Waals surface area contributed by atoms with Gasteiger partial charge in [0.15, 0.2) is 6.29 Å². The smallest absolute Gasteiger partial charge is 0.197 e. The maximum Gasteiger partial charge on any atom is 0.197 e. The first-order valence-electron chi connectivity index (χ1n) is 18.6. The summed E-state index contributed by atoms with van der Waals surface area (Å²) in [6.07, 6.45) is 1.90. The van der Waals surface area contributed by atoms with Gasteiger partial charge in [0.05, 0.1) is 6.10 Å². The van der Waals surface area contributed by atoms with Gasteiger partial charge in [0, 0.05) is 11.8 Å². The van der Waals surface area contributed by atoms with Gasteiger partial charge < -0.3 is 19.7 Å². The Hall–Kier alpha value is -4.54. The monoisotopic (exact) mass is 698 g/mol. The highest BCUT2D eigenvalue weighted by atomic mass is 16.7. The molecule has 3 unspecified atom stereocenters. The topological polar surface area (TPSA) is 58.9 Å². The number of fused-ring (bicyclic) bond motifs is 1. The predicted molar refractivity (Wildman–Crippen MR) is 218 cm³/mol. The summed E-state index contributed by atoms with van der Waals surface area (Å²) in [5.74, 6) is 1.62. The van der Waals surface area contributed by atoms with Crippen LogP contribution in [0.4, 0.5) is 0 Å². The molecule has 0 aliphatic carbocycles. The van der Waals surface area contributed by atoms with Crippen molar-refractivity contribution in [1.82, 2.24) is 0 Å². The Bertz CT molecular complexity index is 2180. The fourth-order valence-corrected chi connectivity index (χ4v) is 7.97. The molecular formula is C48H58O4. The van der Waals surface area contributed by atoms with E-state index in [0.29, 0.717) is 11.5 Å². The van der Waals surface area contributed by atoms with Gasteiger partial charge in [-0.2, -0.15) is 0 Å². The van der Waals surface area contributed by atoms with Crippen LogP contribution in [0.2, 0.25) is 0 Å². The van der Waals surface area contributed by atoms with Gasteiger partial charge in [0.25, 0.3) is 0 Å². The number of benzene rings is 5. The lowest BCUT2D eigenvalue weighted by Gasteiger charge is -2.28. The van der Waals surface area contributed by atoms with Crippen molar-refractivity contribution >= 4 is 10.8 Å². The Balaban J connectivity index is 1.69. The number of phenols is 2. The molecule has 0 aliphatic rings. The van der Waals surface area contributed by atoms with E-state index in [2.05, 4.69) is 109 Å². The second-order valence-corrected chi connectivity index (χ2v) is 15.3. The third-order valence-electron chi connectivity index (χ3n) is 11.4. The van der Waals surface area contributed by atoms with Crippen molar-refractivity contribution in [2.45, 2.75) is 121 Å². The van der Waals surface area contributed by atoms with Crippen LogP contribution in [-0.2, 0) is 4.74 Å². The Morgan fingerprint density at radius 3 is 1.58 bits per heavy atom. The number of hydrogen-bond donors (Lipinski definition) is 2. The lowest BCUT2D eigenvalue weighted by atomic mass is 9.77. The van der Waals surface area contributed by atoms with Gasteiger partial charge in [0.1, 0.15) is 17.2 Å². The quantitative estimate of drug-likeness (QED) is 0.0866. The molecule has 5 rings (SSSR count). The number of phenolic OH excluding ortho intramolecular Hbond substituents is 2. The van der Waals surface area contributed by atoms with Crippen molar-refractivity contribution in [2.24, 2.45) is 0 Å². The molecule has 0 fully saturated rings. The third kappa shape index (κ3) is 7.23. The molecule has 0 spiro atoms. The van der Waals surface area contributed by atoms with Gasteiger partial charge >= 0.3 is 0 Å². The average molecular weight is 699 g/mol. The van der Waals surface area contributed by atoms with E-state index < -0.39 is 0 Å². The van der Waals surface area contributed by atoms with E-state index in [1.54, 1.807) is 0 Å². The molecule has 0 amide bonds. The number of aromatic hydroxyl groups is 2. The van der Waals surface area contributed by atoms with Crippen molar-refractivity contribution in [3.63, 3.8) is 0 Å². The zero-order valence-electron chi connectivity index (χ0n) is 33.8. The Morgan fingerprint density at radius 1 is 0.577 bits per heavy atom. The van der Waals surface area contributed by atoms with Crippen LogP contribution in [0, 0.1) is 62.3 Å². The average Bonchev–Trinajstić information content (AvgIpc) is 3.10. The maximum absolute atomic E-state index is 10.9. The summed E-state index contributed by atoms with van der Waals surface area (Å²) in [7, 11) is 0. The van der Waals surface area contributed by atoms with E-state index in [9.17, 15) is 10.2 Å². The standard InChI is InChI=1S/C48H58O4/c1-15-26(4)44(41-20-27(5)46(49)33(11)30(41)8)39-18-16-38-24-40(19-17-37(38)23-39)45(42-21-28(6)47(50)34(12)31(42)9)43-22-29(7)48(35(13)32(43)10)52-36(14)51-25(2)3/h15-25,36,44-45,49-50H,1-14H3/b26-15-. The van der Waals surface area contributed by atoms with Crippen LogP contribution in [0.25, 0.3) is 10.8 Å². The summed E-state index contributed by atoms with van der Waals surface area (Å²) in [6.45, 7) is 29.0. The first-order valence-corrected chi connectivity index (χ1v) is 18.6. The van der Waals surface area contributed by atoms with Crippen LogP contribution in [0.1, 0.15) is 124 Å². The molecule has 0 saturated heterocycles. The van der Waals surface area contributed by atoms with Crippen LogP contribution in [0.3, 0.4) is 0 Å². The lowest BCUT2D eigenvalue weighted by Crippen LogP contribution is -2.21. The summed E-state index contributed by atoms with van der Waals surface area (Å²) in [5.41, 5.74) is 16.5. The molecule has 4 nitrogen and oxygen atoms in total. The van der Waals surface area contributed by atoms with Crippen LogP contribution in [-0.4, -0.2) is 22.6 Å². The fraction of sp³-hybridized carbons (Fsp3) is 0.375. The molecule has 0 saturated carbocycles. The Morgan fingerprint density at radius 2 is 1.04 bits per heavy atom. The highest BCUT2D eigenvalue weighted by Crippen LogP contribution is 2.44. The molecule has 52 heavy (non-hydrogen) atoms. The molecule has 3 atom stereocenters. The van der Waals surface area contributed by atoms with Crippen molar-refractivity contribution in [3.05, 3.63) is 144 Å². The normalized spacial score (nSPS) is 13.9. The number of ether oxygens (including phenoxy) is 2. The summed E-state index contributed by atoms with van der Waals surface area (Å²) >= 11 is 0. The number of rotatable bonds is 10. The predicted octanol–water partition coefficient (Wildman–Crippen LogP) is 12.5. The molecule has 0 heterocycles. The zero-order chi connectivity index (χ0) is 38.3. The van der Waals surface area contributed by atoms with Crippen molar-refractivity contribution in [3.8, 4) is 17.2 Å². The SMILES string of the molecule is C/C=C(/C)C(c1ccc2cc(C(c3cc(C)c(O)c(C)c3C)c3cc(C)c(OC(C)OC(C)C)c(C)c3C)ccc2c1)c1cc(C)c(O)c(C)c1C. The lowest BCUT2D eigenvalue weighted by molar-refractivity contribution is -0.0956. The molecule has 0 radical (unpaired) electrons. The second-order valence-electron chi connectivity index (χ2n) is 15.3. The van der Waals surface area contributed by atoms with Gasteiger partial charge in [-0.25, -0.2) is 0 Å². The maximum atomic E-state index is 10.9. The van der Waals surface area contributed by atoms with Gasteiger partial charge in [-0.15, -0.1) is 0 Å². The molecular weight excluding hydrogens is 641 g/mol. The minimum atomic E-state index is -0.365. The highest BCUT2D eigenvalue weighted by molar-refractivity contribution is 5.85. The number of aryl methyl sites for hydroxylation is 3. The molecule has 2 N–H and O–H groups in total. The summed E-state index contributed by atoms with van der Waals surface area (Å²) < 4.78 is 12.3. The van der Waals surface area contributed by atoms with Crippen LogP contribution >= 0.6 is 0 Å². The van der Waals surface area contributed by atoms with E-state index >= 15 is 0 Å². The molecule has 4 heteroatoms. The van der Waals surface area contributed by atoms with Crippen LogP contribution in [0.5, 0.6) is 17.2 Å². The first kappa shape index (κ1) is 38.7. The largest absolute Gasteiger partial charge is 0.507 e. The van der Waals surface area contributed by atoms with Crippen LogP contribution < -0.4 is 4.74 Å². The van der Waals surface area contributed by atoms with Crippen molar-refractivity contribution in [2.75, 3.05) is 0 Å². The van der Waals surface area contributed by atoms with E-state index in [0.717, 1.165) is 50.3 Å². The molecule has 274 valence electrons. The summed E-state index contributed by atoms with van der Waals surface area (Å²) in [4.78, 5) is 0. The molecule has 0 aromatic heterocycles. The minimum absolute atomic E-state index is 0.0663. The molecule has 0 bridgehead atoms. The second kappa shape index (κ2) is 15.2. The van der Waals surface area contributed by atoms with Gasteiger partial charge in [-0.3, -0.25) is 0 Å². The number of hydrogen-bond acceptors (Lipinski definition) is 4. The zero-order valence-corrected chi connectivity index (χ0v) is 33.8. The van der Waals surface area contributed by atoms with E-state index in [-0.39, 0.29) is 24.2 Å². The van der Waals surface area contributed by atoms with E-state index in [1.165, 1.54) is 49.7 Å². The minimum Gasteiger partial charge on any atom is -0.507 e. The van der Waals surface area contributed by atoms with Crippen LogP contribution in [0.15, 0.2) is 66.2 Å². The highest BCUT2D eigenvalue weighted by Gasteiger charge is 2.27. The van der Waals surface area contributed by atoms with Gasteiger partial charge in [0.2, 0.25) is 0 Å². The Kier molecular flexibility index (Phi) is 11.3. The van der Waals surface area contributed by atoms with E-state index in [1.807, 2.05) is 48.5 Å². The summed E-state index contributed by atoms with van der Waals surface area (Å²) in [6, 6.07) is 20.3. The van der Waals surface area contributed by atoms with E-state index in [4.69, 9.17) is 9.47 Å². The molecule has 0 aliphatic heterocycles. The van der Waals surface area contributed by atoms with Gasteiger partial charge in [-0.05, 0) is 186 Å². The molecule has 5 aromatic rings. The molecule has 5 aromatic carbocycles. The van der Waals surface area contributed by atoms with Crippen molar-refractivity contribution < 1.29 is 19.7 Å². The summed E-state index contributed by atoms with van der Waals surface area (Å²) in [5, 5.41) is 24.0.